The number of thiocarbonyl (C=S) groups is 1. The Morgan fingerprint density at radius 2 is 1.76 bits per heavy atom. The molecule has 0 atom stereocenters. The maximum atomic E-state index is 12.6. The zero-order chi connectivity index (χ0) is 15.6. The molecule has 0 aliphatic heterocycles. The van der Waals surface area contributed by atoms with Crippen molar-refractivity contribution in [1.29, 1.82) is 0 Å². The van der Waals surface area contributed by atoms with E-state index in [1.807, 2.05) is 11.8 Å². The summed E-state index contributed by atoms with van der Waals surface area (Å²) in [5.74, 6) is 1.30. The molecule has 1 amide bonds. The molecule has 1 aliphatic carbocycles. The van der Waals surface area contributed by atoms with Gasteiger partial charge >= 0.3 is 0 Å². The molecule has 0 heterocycles. The predicted molar refractivity (Wildman–Crippen MR) is 96.8 cm³/mol. The van der Waals surface area contributed by atoms with Crippen LogP contribution in [-0.4, -0.2) is 29.4 Å². The van der Waals surface area contributed by atoms with Crippen molar-refractivity contribution in [3.8, 4) is 0 Å². The lowest BCUT2D eigenvalue weighted by molar-refractivity contribution is -0.128. The van der Waals surface area contributed by atoms with Crippen molar-refractivity contribution in [3.05, 3.63) is 0 Å². The highest BCUT2D eigenvalue weighted by atomic mass is 32.2. The monoisotopic (exact) mass is 330 g/mol. The standard InChI is InChI=1S/C16H30N2OS2/c1-21-13-9-5-4-8-12-18-15(19)16(14(17)20)10-6-2-3-7-11-16/h2-13H2,1H3,(H2,17,20)(H,18,19). The number of amides is 1. The van der Waals surface area contributed by atoms with Crippen LogP contribution in [0.5, 0.6) is 0 Å². The fourth-order valence-corrected chi connectivity index (χ4v) is 3.80. The van der Waals surface area contributed by atoms with E-state index < -0.39 is 5.41 Å². The van der Waals surface area contributed by atoms with E-state index in [4.69, 9.17) is 18.0 Å². The smallest absolute Gasteiger partial charge is 0.233 e. The van der Waals surface area contributed by atoms with Gasteiger partial charge in [0.2, 0.25) is 5.91 Å². The van der Waals surface area contributed by atoms with Gasteiger partial charge in [-0.15, -0.1) is 0 Å². The third-order valence-electron chi connectivity index (χ3n) is 4.42. The van der Waals surface area contributed by atoms with E-state index in [1.165, 1.54) is 37.9 Å². The van der Waals surface area contributed by atoms with Gasteiger partial charge in [0.05, 0.1) is 10.4 Å². The van der Waals surface area contributed by atoms with E-state index in [-0.39, 0.29) is 5.91 Å². The minimum atomic E-state index is -0.579. The Bertz CT molecular complexity index is 326. The van der Waals surface area contributed by atoms with Crippen LogP contribution in [0.1, 0.15) is 64.2 Å². The summed E-state index contributed by atoms with van der Waals surface area (Å²) in [5.41, 5.74) is 5.35. The summed E-state index contributed by atoms with van der Waals surface area (Å²) < 4.78 is 0. The van der Waals surface area contributed by atoms with Crippen molar-refractivity contribution in [2.24, 2.45) is 11.1 Å². The Balaban J connectivity index is 2.34. The van der Waals surface area contributed by atoms with E-state index in [9.17, 15) is 4.79 Å². The van der Waals surface area contributed by atoms with Crippen molar-refractivity contribution in [2.75, 3.05) is 18.6 Å². The summed E-state index contributed by atoms with van der Waals surface area (Å²) in [4.78, 5) is 13.0. The van der Waals surface area contributed by atoms with Crippen LogP contribution in [0, 0.1) is 5.41 Å². The molecule has 21 heavy (non-hydrogen) atoms. The Morgan fingerprint density at radius 1 is 1.14 bits per heavy atom. The molecule has 0 aromatic carbocycles. The van der Waals surface area contributed by atoms with Gasteiger partial charge in [-0.2, -0.15) is 11.8 Å². The summed E-state index contributed by atoms with van der Waals surface area (Å²) in [6.07, 6.45) is 13.0. The van der Waals surface area contributed by atoms with Gasteiger partial charge < -0.3 is 11.1 Å². The number of nitrogens with one attached hydrogen (secondary N) is 1. The third-order valence-corrected chi connectivity index (χ3v) is 5.51. The number of nitrogens with two attached hydrogens (primary N) is 1. The zero-order valence-corrected chi connectivity index (χ0v) is 14.9. The molecule has 0 spiro atoms. The van der Waals surface area contributed by atoms with Gasteiger partial charge in [-0.1, -0.05) is 50.7 Å². The zero-order valence-electron chi connectivity index (χ0n) is 13.3. The van der Waals surface area contributed by atoms with Gasteiger partial charge in [0, 0.05) is 6.54 Å². The first kappa shape index (κ1) is 18.8. The first-order chi connectivity index (χ1) is 10.1. The van der Waals surface area contributed by atoms with Crippen molar-refractivity contribution in [3.63, 3.8) is 0 Å². The molecule has 1 saturated carbocycles. The maximum absolute atomic E-state index is 12.6. The fraction of sp³-hybridized carbons (Fsp3) is 0.875. The summed E-state index contributed by atoms with van der Waals surface area (Å²) in [6, 6.07) is 0. The molecular weight excluding hydrogens is 300 g/mol. The average molecular weight is 331 g/mol. The van der Waals surface area contributed by atoms with E-state index in [2.05, 4.69) is 11.6 Å². The van der Waals surface area contributed by atoms with E-state index in [1.54, 1.807) is 0 Å². The molecule has 0 saturated heterocycles. The number of hydrogen-bond acceptors (Lipinski definition) is 3. The molecule has 1 aliphatic rings. The largest absolute Gasteiger partial charge is 0.392 e. The Kier molecular flexibility index (Phi) is 9.32. The van der Waals surface area contributed by atoms with Crippen LogP contribution in [0.2, 0.25) is 0 Å². The van der Waals surface area contributed by atoms with E-state index in [0.717, 1.165) is 38.6 Å². The molecular formula is C16H30N2OS2. The molecule has 122 valence electrons. The molecule has 0 aromatic rings. The van der Waals surface area contributed by atoms with Gasteiger partial charge in [-0.05, 0) is 37.7 Å². The summed E-state index contributed by atoms with van der Waals surface area (Å²) in [6.45, 7) is 0.752. The topological polar surface area (TPSA) is 55.1 Å². The lowest BCUT2D eigenvalue weighted by Crippen LogP contribution is -2.48. The molecule has 3 N–H and O–H groups in total. The lowest BCUT2D eigenvalue weighted by atomic mass is 9.79. The SMILES string of the molecule is CSCCCCCCNC(=O)C1(C(N)=S)CCCCCC1. The predicted octanol–water partition coefficient (Wildman–Crippen LogP) is 3.65. The van der Waals surface area contributed by atoms with Gasteiger partial charge in [0.15, 0.2) is 0 Å². The molecule has 0 aromatic heterocycles. The quantitative estimate of drug-likeness (QED) is 0.385. The number of hydrogen-bond donors (Lipinski definition) is 2. The molecule has 1 rings (SSSR count). The second-order valence-corrected chi connectivity index (χ2v) is 7.45. The lowest BCUT2D eigenvalue weighted by Gasteiger charge is -2.30. The molecule has 0 bridgehead atoms. The van der Waals surface area contributed by atoms with Crippen LogP contribution in [-0.2, 0) is 4.79 Å². The number of carbonyl (C=O) groups is 1. The van der Waals surface area contributed by atoms with Crippen LogP contribution in [0.4, 0.5) is 0 Å². The molecule has 3 nitrogen and oxygen atoms in total. The third kappa shape index (κ3) is 6.15. The van der Waals surface area contributed by atoms with Crippen LogP contribution in [0.3, 0.4) is 0 Å². The molecule has 0 radical (unpaired) electrons. The highest BCUT2D eigenvalue weighted by Crippen LogP contribution is 2.35. The number of thioether (sulfide) groups is 1. The highest BCUT2D eigenvalue weighted by molar-refractivity contribution is 7.98. The van der Waals surface area contributed by atoms with Gasteiger partial charge in [-0.25, -0.2) is 0 Å². The van der Waals surface area contributed by atoms with Gasteiger partial charge in [0.25, 0.3) is 0 Å². The van der Waals surface area contributed by atoms with Crippen LogP contribution >= 0.6 is 24.0 Å². The highest BCUT2D eigenvalue weighted by Gasteiger charge is 2.41. The Hall–Kier alpha value is -0.290. The maximum Gasteiger partial charge on any atom is 0.233 e. The number of rotatable bonds is 9. The van der Waals surface area contributed by atoms with Crippen molar-refractivity contribution in [1.82, 2.24) is 5.32 Å². The van der Waals surface area contributed by atoms with Gasteiger partial charge in [0.1, 0.15) is 0 Å². The minimum Gasteiger partial charge on any atom is -0.392 e. The molecule has 0 unspecified atom stereocenters. The van der Waals surface area contributed by atoms with Crippen LogP contribution < -0.4 is 11.1 Å². The first-order valence-corrected chi connectivity index (χ1v) is 10.0. The summed E-state index contributed by atoms with van der Waals surface area (Å²) in [7, 11) is 0. The Morgan fingerprint density at radius 3 is 2.33 bits per heavy atom. The van der Waals surface area contributed by atoms with Crippen molar-refractivity contribution >= 4 is 34.9 Å². The normalized spacial score (nSPS) is 18.0. The van der Waals surface area contributed by atoms with Gasteiger partial charge in [-0.3, -0.25) is 4.79 Å². The van der Waals surface area contributed by atoms with Crippen LogP contribution in [0.25, 0.3) is 0 Å². The second-order valence-electron chi connectivity index (χ2n) is 6.02. The first-order valence-electron chi connectivity index (χ1n) is 8.20. The molecule has 5 heteroatoms. The minimum absolute atomic E-state index is 0.0704. The van der Waals surface area contributed by atoms with E-state index >= 15 is 0 Å². The average Bonchev–Trinajstić information content (AvgIpc) is 2.73. The number of carbonyl (C=O) groups excluding carboxylic acids is 1. The van der Waals surface area contributed by atoms with E-state index in [0.29, 0.717) is 4.99 Å². The van der Waals surface area contributed by atoms with Crippen molar-refractivity contribution in [2.45, 2.75) is 64.2 Å². The fourth-order valence-electron chi connectivity index (χ4n) is 3.01. The number of unbranched alkanes of at least 4 members (excludes halogenated alkanes) is 3. The van der Waals surface area contributed by atoms with Crippen LogP contribution in [0.15, 0.2) is 0 Å². The van der Waals surface area contributed by atoms with Crippen molar-refractivity contribution < 1.29 is 4.79 Å². The Labute approximate surface area is 139 Å². The summed E-state index contributed by atoms with van der Waals surface area (Å²) >= 11 is 7.12. The molecule has 1 fully saturated rings. The second kappa shape index (κ2) is 10.4. The summed E-state index contributed by atoms with van der Waals surface area (Å²) in [5, 5.41) is 3.08.